The minimum absolute atomic E-state index is 0.0861. The summed E-state index contributed by atoms with van der Waals surface area (Å²) in [6.45, 7) is 4.73. The van der Waals surface area contributed by atoms with E-state index in [1.807, 2.05) is 0 Å². The Morgan fingerprint density at radius 2 is 1.30 bits per heavy atom. The third kappa shape index (κ3) is 1.58. The minimum Gasteiger partial charge on any atom is -0.0708 e. The average Bonchev–Trinajstić information content (AvgIpc) is 2.04. The molecule has 54 valence electrons. The number of hydrogen-bond acceptors (Lipinski definition) is 0. The van der Waals surface area contributed by atoms with Gasteiger partial charge >= 0.3 is 0 Å². The van der Waals surface area contributed by atoms with Crippen molar-refractivity contribution in [3.05, 3.63) is 24.3 Å². The second-order valence-corrected chi connectivity index (χ2v) is 5.41. The fourth-order valence-corrected chi connectivity index (χ4v) is 4.63. The molecule has 1 aromatic rings. The van der Waals surface area contributed by atoms with Crippen LogP contribution in [0.5, 0.6) is 0 Å². The van der Waals surface area contributed by atoms with Crippen molar-refractivity contribution in [3.63, 3.8) is 0 Å². The predicted molar refractivity (Wildman–Crippen MR) is 54.5 cm³/mol. The second kappa shape index (κ2) is 3.73. The van der Waals surface area contributed by atoms with Gasteiger partial charge in [-0.3, -0.25) is 0 Å². The molecule has 0 aliphatic carbocycles. The van der Waals surface area contributed by atoms with Crippen molar-refractivity contribution in [2.45, 2.75) is 13.1 Å². The summed E-state index contributed by atoms with van der Waals surface area (Å²) in [5.41, 5.74) is 0. The molecule has 1 rings (SSSR count). The van der Waals surface area contributed by atoms with Crippen molar-refractivity contribution in [3.8, 4) is 0 Å². The largest absolute Gasteiger partial charge is 0.0708 e. The molecule has 0 bridgehead atoms. The summed E-state index contributed by atoms with van der Waals surface area (Å²) < 4.78 is 0. The average molecular weight is 166 g/mol. The Labute approximate surface area is 67.3 Å². The van der Waals surface area contributed by atoms with E-state index in [1.165, 1.54) is 0 Å². The van der Waals surface area contributed by atoms with Crippen molar-refractivity contribution in [1.82, 2.24) is 0 Å². The predicted octanol–water partition coefficient (Wildman–Crippen LogP) is -0.629. The van der Waals surface area contributed by atoms with Crippen molar-refractivity contribution >= 4 is 29.4 Å². The summed E-state index contributed by atoms with van der Waals surface area (Å²) in [6, 6.07) is 8.94. The molecule has 0 unspecified atom stereocenters. The van der Waals surface area contributed by atoms with E-state index in [9.17, 15) is 0 Å². The van der Waals surface area contributed by atoms with Crippen LogP contribution in [0.1, 0.15) is 0 Å². The summed E-state index contributed by atoms with van der Waals surface area (Å²) in [4.78, 5) is 0. The highest BCUT2D eigenvalue weighted by Gasteiger charge is 1.94. The van der Waals surface area contributed by atoms with Crippen molar-refractivity contribution in [1.29, 1.82) is 0 Å². The van der Waals surface area contributed by atoms with Crippen LogP contribution in [0.15, 0.2) is 24.3 Å². The molecule has 2 heteroatoms. The second-order valence-electron chi connectivity index (χ2n) is 2.48. The quantitative estimate of drug-likeness (QED) is 0.513. The standard InChI is InChI=1S/C8H14Si2/c1-9-7-5-3-4-6-8(7)10-2/h3-6H,9-10H2,1-2H3. The molecule has 0 atom stereocenters. The molecule has 0 saturated carbocycles. The third-order valence-electron chi connectivity index (χ3n) is 1.88. The SMILES string of the molecule is C[SiH2]c1ccccc1[SiH2]C. The Morgan fingerprint density at radius 1 is 0.900 bits per heavy atom. The zero-order valence-electron chi connectivity index (χ0n) is 6.72. The lowest BCUT2D eigenvalue weighted by Gasteiger charge is -2.02. The summed E-state index contributed by atoms with van der Waals surface area (Å²) in [7, 11) is 0.172. The van der Waals surface area contributed by atoms with Gasteiger partial charge in [0.25, 0.3) is 0 Å². The molecule has 0 nitrogen and oxygen atoms in total. The van der Waals surface area contributed by atoms with Gasteiger partial charge in [0.15, 0.2) is 0 Å². The maximum atomic E-state index is 2.36. The van der Waals surface area contributed by atoms with E-state index in [2.05, 4.69) is 37.4 Å². The minimum atomic E-state index is 0.0861. The van der Waals surface area contributed by atoms with Gasteiger partial charge in [-0.15, -0.1) is 0 Å². The number of hydrogen-bond donors (Lipinski definition) is 0. The molecule has 0 aliphatic rings. The summed E-state index contributed by atoms with van der Waals surface area (Å²) in [5.74, 6) is 0. The van der Waals surface area contributed by atoms with E-state index in [1.54, 1.807) is 10.4 Å². The van der Waals surface area contributed by atoms with Crippen molar-refractivity contribution < 1.29 is 0 Å². The molecule has 0 fully saturated rings. The molecule has 0 N–H and O–H groups in total. The maximum absolute atomic E-state index is 2.36. The van der Waals surface area contributed by atoms with Crippen LogP contribution in [0.3, 0.4) is 0 Å². The Kier molecular flexibility index (Phi) is 2.90. The monoisotopic (exact) mass is 166 g/mol. The van der Waals surface area contributed by atoms with Gasteiger partial charge < -0.3 is 0 Å². The molecule has 0 heterocycles. The van der Waals surface area contributed by atoms with Gasteiger partial charge in [0.2, 0.25) is 0 Å². The molecule has 0 saturated heterocycles. The van der Waals surface area contributed by atoms with Crippen LogP contribution < -0.4 is 10.4 Å². The van der Waals surface area contributed by atoms with E-state index in [0.29, 0.717) is 0 Å². The van der Waals surface area contributed by atoms with Crippen LogP contribution in [0, 0.1) is 0 Å². The fraction of sp³-hybridized carbons (Fsp3) is 0.250. The van der Waals surface area contributed by atoms with Gasteiger partial charge in [-0.25, -0.2) is 0 Å². The molecule has 1 aromatic carbocycles. The molecule has 0 aliphatic heterocycles. The molecule has 0 radical (unpaired) electrons. The van der Waals surface area contributed by atoms with Crippen LogP contribution in [-0.4, -0.2) is 19.0 Å². The molecular formula is C8H14Si2. The van der Waals surface area contributed by atoms with Crippen molar-refractivity contribution in [2.75, 3.05) is 0 Å². The van der Waals surface area contributed by atoms with Gasteiger partial charge in [0.1, 0.15) is 0 Å². The number of rotatable bonds is 2. The lowest BCUT2D eigenvalue weighted by atomic mass is 10.4. The van der Waals surface area contributed by atoms with Gasteiger partial charge in [-0.1, -0.05) is 47.7 Å². The Hall–Kier alpha value is -0.346. The third-order valence-corrected chi connectivity index (χ3v) is 5.28. The normalized spacial score (nSPS) is 12.2. The van der Waals surface area contributed by atoms with E-state index < -0.39 is 0 Å². The Morgan fingerprint density at radius 3 is 1.60 bits per heavy atom. The smallest absolute Gasteiger partial charge is 0.0515 e. The molecular weight excluding hydrogens is 152 g/mol. The maximum Gasteiger partial charge on any atom is 0.0515 e. The molecule has 0 amide bonds. The zero-order valence-corrected chi connectivity index (χ0v) is 9.55. The molecule has 0 aromatic heterocycles. The van der Waals surface area contributed by atoms with Gasteiger partial charge in [-0.05, 0) is 0 Å². The number of benzene rings is 1. The van der Waals surface area contributed by atoms with Crippen LogP contribution in [0.2, 0.25) is 13.1 Å². The topological polar surface area (TPSA) is 0 Å². The summed E-state index contributed by atoms with van der Waals surface area (Å²) in [6.07, 6.45) is 0. The summed E-state index contributed by atoms with van der Waals surface area (Å²) >= 11 is 0. The van der Waals surface area contributed by atoms with E-state index >= 15 is 0 Å². The van der Waals surface area contributed by atoms with Crippen LogP contribution in [0.4, 0.5) is 0 Å². The van der Waals surface area contributed by atoms with E-state index in [4.69, 9.17) is 0 Å². The van der Waals surface area contributed by atoms with E-state index in [0.717, 1.165) is 0 Å². The zero-order chi connectivity index (χ0) is 7.40. The highest BCUT2D eigenvalue weighted by molar-refractivity contribution is 6.65. The highest BCUT2D eigenvalue weighted by Crippen LogP contribution is 1.78. The Balaban J connectivity index is 2.96. The van der Waals surface area contributed by atoms with Crippen LogP contribution >= 0.6 is 0 Å². The Bertz CT molecular complexity index is 185. The van der Waals surface area contributed by atoms with Crippen LogP contribution in [-0.2, 0) is 0 Å². The highest BCUT2D eigenvalue weighted by atomic mass is 28.2. The first-order chi connectivity index (χ1) is 4.88. The van der Waals surface area contributed by atoms with Crippen LogP contribution in [0.25, 0.3) is 0 Å². The lowest BCUT2D eigenvalue weighted by molar-refractivity contribution is 1.81. The first-order valence-electron chi connectivity index (χ1n) is 3.95. The first-order valence-corrected chi connectivity index (χ1v) is 8.19. The summed E-state index contributed by atoms with van der Waals surface area (Å²) in [5, 5.41) is 3.38. The molecule has 10 heavy (non-hydrogen) atoms. The van der Waals surface area contributed by atoms with Gasteiger partial charge in [-0.2, -0.15) is 0 Å². The first kappa shape index (κ1) is 7.76. The van der Waals surface area contributed by atoms with Gasteiger partial charge in [0, 0.05) is 0 Å². The van der Waals surface area contributed by atoms with E-state index in [-0.39, 0.29) is 19.0 Å². The van der Waals surface area contributed by atoms with Crippen molar-refractivity contribution in [2.24, 2.45) is 0 Å². The van der Waals surface area contributed by atoms with Gasteiger partial charge in [0.05, 0.1) is 19.0 Å². The fourth-order valence-electron chi connectivity index (χ4n) is 1.25. The molecule has 0 spiro atoms. The lowest BCUT2D eigenvalue weighted by Crippen LogP contribution is -2.32.